The molecule has 144 valence electrons. The fourth-order valence-corrected chi connectivity index (χ4v) is 3.81. The van der Waals surface area contributed by atoms with Crippen LogP contribution in [0.1, 0.15) is 22.3 Å². The number of hydrogen-bond acceptors (Lipinski definition) is 1. The number of benzene rings is 4. The van der Waals surface area contributed by atoms with E-state index in [9.17, 15) is 0 Å². The average molecular weight is 379 g/mol. The van der Waals surface area contributed by atoms with Gasteiger partial charge in [0.25, 0.3) is 0 Å². The molecule has 0 heterocycles. The van der Waals surface area contributed by atoms with E-state index in [-0.39, 0.29) is 0 Å². The zero-order chi connectivity index (χ0) is 20.1. The van der Waals surface area contributed by atoms with Gasteiger partial charge in [-0.2, -0.15) is 0 Å². The summed E-state index contributed by atoms with van der Waals surface area (Å²) in [5.41, 5.74) is 10.1. The summed E-state index contributed by atoms with van der Waals surface area (Å²) in [4.78, 5) is 0. The minimum absolute atomic E-state index is 0.613. The monoisotopic (exact) mass is 378 g/mol. The Balaban J connectivity index is 1.49. The third-order valence-corrected chi connectivity index (χ3v) is 5.58. The standard InChI is InChI=1S/C28H26O/c1-21-25(15-9-17-27(21)23-11-5-3-6-12-23)19-29-20-26-16-10-18-28(22(26)2)24-13-7-4-8-14-24/h3-18H,19-20H2,1-2H3. The van der Waals surface area contributed by atoms with Crippen LogP contribution in [0.2, 0.25) is 0 Å². The predicted octanol–water partition coefficient (Wildman–Crippen LogP) is 7.35. The molecular formula is C28H26O. The van der Waals surface area contributed by atoms with E-state index in [0.717, 1.165) is 0 Å². The topological polar surface area (TPSA) is 9.23 Å². The lowest BCUT2D eigenvalue weighted by Gasteiger charge is -2.14. The highest BCUT2D eigenvalue weighted by Crippen LogP contribution is 2.28. The SMILES string of the molecule is Cc1c(COCc2cccc(-c3ccccc3)c2C)cccc1-c1ccccc1. The van der Waals surface area contributed by atoms with Gasteiger partial charge in [0.1, 0.15) is 0 Å². The second kappa shape index (κ2) is 8.89. The van der Waals surface area contributed by atoms with Gasteiger partial charge in [-0.05, 0) is 58.4 Å². The largest absolute Gasteiger partial charge is 0.372 e. The minimum Gasteiger partial charge on any atom is -0.372 e. The van der Waals surface area contributed by atoms with Crippen molar-refractivity contribution >= 4 is 0 Å². The zero-order valence-electron chi connectivity index (χ0n) is 17.1. The van der Waals surface area contributed by atoms with Crippen LogP contribution in [0.15, 0.2) is 97.1 Å². The van der Waals surface area contributed by atoms with Crippen LogP contribution < -0.4 is 0 Å². The Kier molecular flexibility index (Phi) is 5.88. The van der Waals surface area contributed by atoms with E-state index in [0.29, 0.717) is 13.2 Å². The van der Waals surface area contributed by atoms with E-state index in [1.165, 1.54) is 44.5 Å². The molecule has 0 aliphatic heterocycles. The maximum absolute atomic E-state index is 6.15. The lowest BCUT2D eigenvalue weighted by molar-refractivity contribution is 0.106. The molecule has 1 nitrogen and oxygen atoms in total. The highest BCUT2D eigenvalue weighted by Gasteiger charge is 2.08. The summed E-state index contributed by atoms with van der Waals surface area (Å²) in [5.74, 6) is 0. The molecule has 0 bridgehead atoms. The lowest BCUT2D eigenvalue weighted by atomic mass is 9.96. The van der Waals surface area contributed by atoms with Crippen molar-refractivity contribution in [2.45, 2.75) is 27.1 Å². The Hall–Kier alpha value is -3.16. The molecule has 0 saturated heterocycles. The van der Waals surface area contributed by atoms with E-state index >= 15 is 0 Å². The predicted molar refractivity (Wildman–Crippen MR) is 122 cm³/mol. The third kappa shape index (κ3) is 4.31. The molecule has 0 N–H and O–H groups in total. The van der Waals surface area contributed by atoms with Crippen molar-refractivity contribution in [2.75, 3.05) is 0 Å². The Bertz CT molecular complexity index is 993. The summed E-state index contributed by atoms with van der Waals surface area (Å²) in [6.07, 6.45) is 0. The summed E-state index contributed by atoms with van der Waals surface area (Å²) in [6.45, 7) is 5.59. The molecule has 4 aromatic carbocycles. The van der Waals surface area contributed by atoms with Gasteiger partial charge in [0.05, 0.1) is 13.2 Å². The quantitative estimate of drug-likeness (QED) is 0.341. The van der Waals surface area contributed by atoms with Gasteiger partial charge in [0, 0.05) is 0 Å². The fraction of sp³-hybridized carbons (Fsp3) is 0.143. The molecule has 0 unspecified atom stereocenters. The average Bonchev–Trinajstić information content (AvgIpc) is 2.77. The van der Waals surface area contributed by atoms with Crippen LogP contribution in [0, 0.1) is 13.8 Å². The van der Waals surface area contributed by atoms with Crippen molar-refractivity contribution in [1.29, 1.82) is 0 Å². The maximum atomic E-state index is 6.15. The van der Waals surface area contributed by atoms with E-state index in [4.69, 9.17) is 4.74 Å². The van der Waals surface area contributed by atoms with E-state index < -0.39 is 0 Å². The summed E-state index contributed by atoms with van der Waals surface area (Å²) in [7, 11) is 0. The molecule has 0 aliphatic rings. The van der Waals surface area contributed by atoms with Gasteiger partial charge in [0.2, 0.25) is 0 Å². The van der Waals surface area contributed by atoms with E-state index in [1.807, 2.05) is 0 Å². The summed E-state index contributed by atoms with van der Waals surface area (Å²) in [5, 5.41) is 0. The third-order valence-electron chi connectivity index (χ3n) is 5.58. The van der Waals surface area contributed by atoms with Gasteiger partial charge < -0.3 is 4.74 Å². The smallest absolute Gasteiger partial charge is 0.0724 e. The van der Waals surface area contributed by atoms with Gasteiger partial charge in [0.15, 0.2) is 0 Å². The van der Waals surface area contributed by atoms with Crippen molar-refractivity contribution in [3.05, 3.63) is 119 Å². The fourth-order valence-electron chi connectivity index (χ4n) is 3.81. The first kappa shape index (κ1) is 19.2. The lowest BCUT2D eigenvalue weighted by Crippen LogP contribution is -2.00. The van der Waals surface area contributed by atoms with Gasteiger partial charge >= 0.3 is 0 Å². The Labute approximate surface area is 173 Å². The number of hydrogen-bond donors (Lipinski definition) is 0. The van der Waals surface area contributed by atoms with Crippen LogP contribution in [0.3, 0.4) is 0 Å². The number of ether oxygens (including phenoxy) is 1. The van der Waals surface area contributed by atoms with Gasteiger partial charge in [-0.3, -0.25) is 0 Å². The molecule has 4 aromatic rings. The minimum atomic E-state index is 0.613. The Morgan fingerprint density at radius 1 is 0.483 bits per heavy atom. The molecule has 0 saturated carbocycles. The molecule has 0 spiro atoms. The first-order valence-corrected chi connectivity index (χ1v) is 10.1. The van der Waals surface area contributed by atoms with Crippen LogP contribution in [-0.2, 0) is 18.0 Å². The van der Waals surface area contributed by atoms with Crippen molar-refractivity contribution in [1.82, 2.24) is 0 Å². The van der Waals surface area contributed by atoms with Crippen molar-refractivity contribution in [3.8, 4) is 22.3 Å². The Morgan fingerprint density at radius 2 is 0.897 bits per heavy atom. The second-order valence-electron chi connectivity index (χ2n) is 7.40. The van der Waals surface area contributed by atoms with Crippen molar-refractivity contribution in [3.63, 3.8) is 0 Å². The summed E-state index contributed by atoms with van der Waals surface area (Å²) in [6, 6.07) is 34.0. The molecule has 0 aliphatic carbocycles. The molecular weight excluding hydrogens is 352 g/mol. The molecule has 0 aromatic heterocycles. The molecule has 29 heavy (non-hydrogen) atoms. The van der Waals surface area contributed by atoms with Gasteiger partial charge in [-0.25, -0.2) is 0 Å². The first-order chi connectivity index (χ1) is 14.2. The summed E-state index contributed by atoms with van der Waals surface area (Å²) >= 11 is 0. The zero-order valence-corrected chi connectivity index (χ0v) is 17.1. The highest BCUT2D eigenvalue weighted by molar-refractivity contribution is 5.69. The van der Waals surface area contributed by atoms with Crippen LogP contribution in [0.4, 0.5) is 0 Å². The van der Waals surface area contributed by atoms with Crippen LogP contribution >= 0.6 is 0 Å². The first-order valence-electron chi connectivity index (χ1n) is 10.1. The molecule has 0 amide bonds. The van der Waals surface area contributed by atoms with Gasteiger partial charge in [-0.15, -0.1) is 0 Å². The normalized spacial score (nSPS) is 10.8. The summed E-state index contributed by atoms with van der Waals surface area (Å²) < 4.78 is 6.15. The van der Waals surface area contributed by atoms with E-state index in [2.05, 4.69) is 111 Å². The van der Waals surface area contributed by atoms with Crippen LogP contribution in [-0.4, -0.2) is 0 Å². The molecule has 1 heteroatoms. The second-order valence-corrected chi connectivity index (χ2v) is 7.40. The molecule has 0 fully saturated rings. The number of rotatable bonds is 6. The Morgan fingerprint density at radius 3 is 1.31 bits per heavy atom. The van der Waals surface area contributed by atoms with Crippen molar-refractivity contribution in [2.24, 2.45) is 0 Å². The van der Waals surface area contributed by atoms with Crippen LogP contribution in [0.5, 0.6) is 0 Å². The highest BCUT2D eigenvalue weighted by atomic mass is 16.5. The van der Waals surface area contributed by atoms with Crippen molar-refractivity contribution < 1.29 is 4.74 Å². The van der Waals surface area contributed by atoms with E-state index in [1.54, 1.807) is 0 Å². The van der Waals surface area contributed by atoms with Crippen LogP contribution in [0.25, 0.3) is 22.3 Å². The molecule has 0 radical (unpaired) electrons. The van der Waals surface area contributed by atoms with Gasteiger partial charge in [-0.1, -0.05) is 97.1 Å². The molecule has 4 rings (SSSR count). The molecule has 0 atom stereocenters. The maximum Gasteiger partial charge on any atom is 0.0724 e.